The van der Waals surface area contributed by atoms with Gasteiger partial charge in [-0.15, -0.1) is 0 Å². The van der Waals surface area contributed by atoms with Gasteiger partial charge in [-0.1, -0.05) is 31.2 Å². The van der Waals surface area contributed by atoms with Gasteiger partial charge in [-0.25, -0.2) is 8.78 Å². The van der Waals surface area contributed by atoms with Gasteiger partial charge in [-0.3, -0.25) is 4.90 Å². The molecule has 1 fully saturated rings. The van der Waals surface area contributed by atoms with Crippen molar-refractivity contribution < 1.29 is 8.78 Å². The van der Waals surface area contributed by atoms with Gasteiger partial charge in [0.15, 0.2) is 0 Å². The van der Waals surface area contributed by atoms with Crippen molar-refractivity contribution in [3.05, 3.63) is 60.2 Å². The van der Waals surface area contributed by atoms with Crippen LogP contribution < -0.4 is 9.80 Å². The first-order chi connectivity index (χ1) is 11.2. The fraction of sp³-hybridized carbons (Fsp3) is 0.333. The van der Waals surface area contributed by atoms with Crippen molar-refractivity contribution in [2.75, 3.05) is 36.4 Å². The number of para-hydroxylation sites is 2. The lowest BCUT2D eigenvalue weighted by molar-refractivity contribution is 0.240. The molecule has 122 valence electrons. The third-order valence-corrected chi connectivity index (χ3v) is 4.01. The molecule has 1 aliphatic rings. The maximum absolute atomic E-state index is 14.1. The molecule has 0 N–H and O–H groups in total. The molecule has 0 amide bonds. The molecule has 3 rings (SSSR count). The van der Waals surface area contributed by atoms with Crippen LogP contribution in [0.3, 0.4) is 0 Å². The minimum Gasteiger partial charge on any atom is -0.338 e. The Hall–Kier alpha value is -2.14. The maximum Gasteiger partial charge on any atom is 0.146 e. The fourth-order valence-corrected chi connectivity index (χ4v) is 3.00. The van der Waals surface area contributed by atoms with E-state index in [0.29, 0.717) is 31.4 Å². The highest BCUT2D eigenvalue weighted by molar-refractivity contribution is 5.53. The molecule has 3 nitrogen and oxygen atoms in total. The van der Waals surface area contributed by atoms with Crippen LogP contribution in [0.15, 0.2) is 48.5 Å². The molecule has 0 unspecified atom stereocenters. The lowest BCUT2D eigenvalue weighted by Crippen LogP contribution is -2.55. The average molecular weight is 317 g/mol. The van der Waals surface area contributed by atoms with E-state index in [9.17, 15) is 8.78 Å². The number of nitrogens with zero attached hydrogens (tertiary/aromatic N) is 3. The van der Waals surface area contributed by atoms with E-state index < -0.39 is 0 Å². The van der Waals surface area contributed by atoms with Crippen molar-refractivity contribution in [2.45, 2.75) is 13.3 Å². The Labute approximate surface area is 135 Å². The number of rotatable bonds is 4. The molecular formula is C18H21F2N3. The first kappa shape index (κ1) is 15.7. The van der Waals surface area contributed by atoms with Gasteiger partial charge >= 0.3 is 0 Å². The lowest BCUT2D eigenvalue weighted by atomic mass is 10.2. The van der Waals surface area contributed by atoms with E-state index in [1.54, 1.807) is 24.3 Å². The fourth-order valence-electron chi connectivity index (χ4n) is 3.00. The molecule has 23 heavy (non-hydrogen) atoms. The second-order valence-electron chi connectivity index (χ2n) is 5.80. The number of anilines is 2. The number of benzene rings is 2. The molecule has 2 aromatic rings. The van der Waals surface area contributed by atoms with Gasteiger partial charge in [0.2, 0.25) is 0 Å². The van der Waals surface area contributed by atoms with E-state index in [0.717, 1.165) is 13.0 Å². The van der Waals surface area contributed by atoms with E-state index >= 15 is 0 Å². The van der Waals surface area contributed by atoms with Crippen LogP contribution in [0.4, 0.5) is 20.2 Å². The standard InChI is InChI=1S/C18H21F2N3/c1-2-11-21-12-22(17-9-5-3-7-15(17)19)14-23(13-21)18-10-6-4-8-16(18)20/h3-10H,2,11-14H2,1H3. The summed E-state index contributed by atoms with van der Waals surface area (Å²) in [5.74, 6) is -0.501. The van der Waals surface area contributed by atoms with Crippen molar-refractivity contribution in [1.82, 2.24) is 4.90 Å². The molecule has 5 heteroatoms. The van der Waals surface area contributed by atoms with Crippen molar-refractivity contribution in [3.8, 4) is 0 Å². The molecule has 1 saturated heterocycles. The van der Waals surface area contributed by atoms with Gasteiger partial charge in [-0.05, 0) is 30.7 Å². The Morgan fingerprint density at radius 3 is 1.70 bits per heavy atom. The molecule has 2 aromatic carbocycles. The van der Waals surface area contributed by atoms with Gasteiger partial charge in [-0.2, -0.15) is 0 Å². The van der Waals surface area contributed by atoms with E-state index in [4.69, 9.17) is 0 Å². The Balaban J connectivity index is 1.90. The van der Waals surface area contributed by atoms with Crippen molar-refractivity contribution in [2.24, 2.45) is 0 Å². The van der Waals surface area contributed by atoms with Gasteiger partial charge in [0, 0.05) is 6.54 Å². The predicted molar refractivity (Wildman–Crippen MR) is 89.4 cm³/mol. The summed E-state index contributed by atoms with van der Waals surface area (Å²) < 4.78 is 28.3. The van der Waals surface area contributed by atoms with E-state index in [-0.39, 0.29) is 11.6 Å². The topological polar surface area (TPSA) is 9.72 Å². The first-order valence-corrected chi connectivity index (χ1v) is 7.90. The van der Waals surface area contributed by atoms with Crippen LogP contribution >= 0.6 is 0 Å². The van der Waals surface area contributed by atoms with Crippen molar-refractivity contribution in [1.29, 1.82) is 0 Å². The molecule has 0 saturated carbocycles. The van der Waals surface area contributed by atoms with Gasteiger partial charge < -0.3 is 9.80 Å². The third kappa shape index (κ3) is 3.45. The highest BCUT2D eigenvalue weighted by Gasteiger charge is 2.26. The Bertz CT molecular complexity index is 609. The third-order valence-electron chi connectivity index (χ3n) is 4.01. The molecule has 1 aliphatic heterocycles. The highest BCUT2D eigenvalue weighted by Crippen LogP contribution is 2.26. The zero-order chi connectivity index (χ0) is 16.2. The van der Waals surface area contributed by atoms with E-state index in [1.807, 2.05) is 21.9 Å². The summed E-state index contributed by atoms with van der Waals surface area (Å²) in [5.41, 5.74) is 1.10. The molecule has 0 atom stereocenters. The smallest absolute Gasteiger partial charge is 0.146 e. The summed E-state index contributed by atoms with van der Waals surface area (Å²) in [6, 6.07) is 13.5. The summed E-state index contributed by atoms with van der Waals surface area (Å²) >= 11 is 0. The Morgan fingerprint density at radius 1 is 0.783 bits per heavy atom. The molecule has 0 bridgehead atoms. The normalized spacial score (nSPS) is 16.0. The summed E-state index contributed by atoms with van der Waals surface area (Å²) in [6.45, 7) is 4.73. The quantitative estimate of drug-likeness (QED) is 0.847. The van der Waals surface area contributed by atoms with Crippen LogP contribution in [-0.4, -0.2) is 31.5 Å². The molecule has 0 aliphatic carbocycles. The maximum atomic E-state index is 14.1. The molecule has 1 heterocycles. The van der Waals surface area contributed by atoms with Crippen LogP contribution in [0.5, 0.6) is 0 Å². The lowest BCUT2D eigenvalue weighted by Gasteiger charge is -2.44. The zero-order valence-electron chi connectivity index (χ0n) is 13.3. The van der Waals surface area contributed by atoms with Gasteiger partial charge in [0.05, 0.1) is 31.4 Å². The van der Waals surface area contributed by atoms with Crippen LogP contribution in [0.2, 0.25) is 0 Å². The van der Waals surface area contributed by atoms with Crippen LogP contribution in [0.1, 0.15) is 13.3 Å². The summed E-state index contributed by atoms with van der Waals surface area (Å²) in [5, 5.41) is 0. The second-order valence-corrected chi connectivity index (χ2v) is 5.80. The monoisotopic (exact) mass is 317 g/mol. The molecule has 0 radical (unpaired) electrons. The van der Waals surface area contributed by atoms with E-state index in [2.05, 4.69) is 11.8 Å². The van der Waals surface area contributed by atoms with Gasteiger partial charge in [0.1, 0.15) is 11.6 Å². The largest absolute Gasteiger partial charge is 0.338 e. The minimum atomic E-state index is -0.251. The number of hydrogen-bond acceptors (Lipinski definition) is 3. The molecular weight excluding hydrogens is 296 g/mol. The number of halogens is 2. The predicted octanol–water partition coefficient (Wildman–Crippen LogP) is 3.88. The van der Waals surface area contributed by atoms with Crippen molar-refractivity contribution in [3.63, 3.8) is 0 Å². The summed E-state index contributed by atoms with van der Waals surface area (Å²) in [7, 11) is 0. The average Bonchev–Trinajstić information content (AvgIpc) is 2.56. The van der Waals surface area contributed by atoms with Crippen LogP contribution in [-0.2, 0) is 0 Å². The van der Waals surface area contributed by atoms with Crippen LogP contribution in [0.25, 0.3) is 0 Å². The molecule has 0 spiro atoms. The van der Waals surface area contributed by atoms with Crippen LogP contribution in [0, 0.1) is 11.6 Å². The summed E-state index contributed by atoms with van der Waals surface area (Å²) in [6.07, 6.45) is 0.996. The first-order valence-electron chi connectivity index (χ1n) is 7.90. The highest BCUT2D eigenvalue weighted by atomic mass is 19.1. The van der Waals surface area contributed by atoms with Gasteiger partial charge in [0.25, 0.3) is 0 Å². The Morgan fingerprint density at radius 2 is 1.26 bits per heavy atom. The van der Waals surface area contributed by atoms with E-state index in [1.165, 1.54) is 12.1 Å². The minimum absolute atomic E-state index is 0.251. The number of hydrogen-bond donors (Lipinski definition) is 0. The zero-order valence-corrected chi connectivity index (χ0v) is 13.3. The summed E-state index contributed by atoms with van der Waals surface area (Å²) in [4.78, 5) is 6.09. The SMILES string of the molecule is CCCN1CN(c2ccccc2F)CN(c2ccccc2F)C1. The molecule has 0 aromatic heterocycles. The van der Waals surface area contributed by atoms with Crippen molar-refractivity contribution >= 4 is 11.4 Å². The Kier molecular flexibility index (Phi) is 4.76. The second kappa shape index (κ2) is 6.96.